The van der Waals surface area contributed by atoms with Crippen molar-refractivity contribution in [2.24, 2.45) is 116 Å². The quantitative estimate of drug-likeness (QED) is 0.0635. The molecule has 0 bridgehead atoms. The van der Waals surface area contributed by atoms with Crippen LogP contribution in [0.4, 0.5) is 16.0 Å². The predicted molar refractivity (Wildman–Crippen MR) is 444 cm³/mol. The predicted octanol–water partition coefficient (Wildman–Crippen LogP) is 19.3. The van der Waals surface area contributed by atoms with Gasteiger partial charge in [0, 0.05) is 55.6 Å². The number of halogens is 2. The Morgan fingerprint density at radius 1 is 0.391 bits per heavy atom. The summed E-state index contributed by atoms with van der Waals surface area (Å²) in [6, 6.07) is 0. The minimum absolute atomic E-state index is 0.0298. The second-order valence-corrected chi connectivity index (χ2v) is 35.9. The molecule has 0 spiro atoms. The normalized spacial score (nSPS) is 25.4. The van der Waals surface area contributed by atoms with Gasteiger partial charge >= 0.3 is 6.08 Å². The molecule has 0 aromatic carbocycles. The average molecular weight is 1520 g/mol. The lowest BCUT2D eigenvalue weighted by molar-refractivity contribution is 0.153. The van der Waals surface area contributed by atoms with Gasteiger partial charge in [-0.05, 0) is 121 Å². The van der Waals surface area contributed by atoms with Crippen LogP contribution in [0.3, 0.4) is 0 Å². The first kappa shape index (κ1) is 82.0. The third-order valence-corrected chi connectivity index (χ3v) is 27.6. The van der Waals surface area contributed by atoms with Crippen molar-refractivity contribution in [1.82, 2.24) is 97.6 Å². The van der Waals surface area contributed by atoms with E-state index >= 15 is 0 Å². The first-order chi connectivity index (χ1) is 51.8. The maximum Gasteiger partial charge on any atom is 0.312 e. The average Bonchev–Trinajstić information content (AvgIpc) is 1.61. The van der Waals surface area contributed by atoms with Crippen molar-refractivity contribution in [3.63, 3.8) is 0 Å². The number of fused-ring (bicyclic) bond motifs is 5. The van der Waals surface area contributed by atoms with Gasteiger partial charge in [0.15, 0.2) is 61.6 Å². The van der Waals surface area contributed by atoms with E-state index in [9.17, 15) is 9.18 Å². The second-order valence-electron chi connectivity index (χ2n) is 35.6. The summed E-state index contributed by atoms with van der Waals surface area (Å²) < 4.78 is 23.9. The zero-order valence-electron chi connectivity index (χ0n) is 69.7. The number of rotatable bonds is 15. The smallest absolute Gasteiger partial charge is 0.312 e. The SMILES string of the molecule is CC(C)C1CC=C(n2cnc3c(=O)[nH]cnc32)[C@@]1(C)C(C)C.CC(C)C1CC=C(n2cnc3c(Cl)ncnc32)[C@@]1(C)C(C)C.CC(C)C1CC=C(n2cnc3c(N)nc(F)nc32)[C@@]1(C)C(C)C.CC(C)C1CC=C(n2cnc3c(N)ncnc32)[C@@]1(C)C(C)C.CC(C)C1CC=C(n2cnc3cncnc32)[C@@]1(C)C(C)C. The number of allylic oxidation sites excluding steroid dienone is 10. The molecule has 590 valence electrons. The highest BCUT2D eigenvalue weighted by molar-refractivity contribution is 6.33. The van der Waals surface area contributed by atoms with Crippen molar-refractivity contribution in [2.75, 3.05) is 11.5 Å². The largest absolute Gasteiger partial charge is 0.382 e. The standard InChI is InChI=1S/C17H23ClN4.C17H24FN5.C17H25N5.C17H24N4O.C17H24N4/c1-10(2)12-6-7-13(17(12,5)11(3)4)22-9-21-14-15(18)19-8-20-16(14)22;1-9(2)11-6-7-12(17(11,5)10(3)4)23-8-20-13-14(19)21-16(18)22-15(13)23;1-10(2)12-6-7-13(17(12,5)11(3)4)22-9-21-14-15(18)19-8-20-16(14)22;1-10(2)12-6-7-13(17(12,5)11(3)4)21-9-20-14-15(21)18-8-19-16(14)22;1-11(2)13-6-7-15(17(13,5)12(3)4)21-10-20-14-8-18-9-19-16(14)21/h7-12H,6H2,1-5H3;7-11H,6H2,1-5H3,(H2,19,21,22);7-12H,6H2,1-5H3,(H2,18,19,20);7-12H,6H2,1-5H3,(H,18,19,22);7-13H,6H2,1-5H3/t12?,17-;11?,17-;2*12?,17-;13?,17-/m00000/s1. The van der Waals surface area contributed by atoms with Crippen LogP contribution in [-0.4, -0.2) is 97.6 Å². The van der Waals surface area contributed by atoms with Crippen molar-refractivity contribution in [1.29, 1.82) is 0 Å². The van der Waals surface area contributed by atoms with Crippen LogP contribution in [0.15, 0.2) is 98.3 Å². The molecular formula is C85H120ClFN22O. The molecule has 5 aliphatic rings. The Hall–Kier alpha value is -8.93. The zero-order valence-corrected chi connectivity index (χ0v) is 70.4. The Bertz CT molecular complexity index is 5060. The molecule has 5 unspecified atom stereocenters. The summed E-state index contributed by atoms with van der Waals surface area (Å²) in [6.07, 6.45) is 33.0. The van der Waals surface area contributed by atoms with E-state index in [-0.39, 0.29) is 38.5 Å². The van der Waals surface area contributed by atoms with Gasteiger partial charge in [-0.3, -0.25) is 27.6 Å². The molecule has 23 nitrogen and oxygen atoms in total. The first-order valence-electron chi connectivity index (χ1n) is 39.9. The lowest BCUT2D eigenvalue weighted by atomic mass is 9.66. The Balaban J connectivity index is 0.000000136. The van der Waals surface area contributed by atoms with Crippen LogP contribution < -0.4 is 17.0 Å². The minimum Gasteiger partial charge on any atom is -0.382 e. The number of hydrogen-bond donors (Lipinski definition) is 3. The monoisotopic (exact) mass is 1520 g/mol. The van der Waals surface area contributed by atoms with E-state index in [0.717, 1.165) is 60.3 Å². The Kier molecular flexibility index (Phi) is 23.6. The summed E-state index contributed by atoms with van der Waals surface area (Å²) in [5.74, 6) is 9.19. The molecule has 10 heterocycles. The van der Waals surface area contributed by atoms with E-state index in [2.05, 4.69) is 292 Å². The number of aromatic amines is 1. The van der Waals surface area contributed by atoms with Crippen LogP contribution in [0, 0.1) is 122 Å². The summed E-state index contributed by atoms with van der Waals surface area (Å²) in [6.45, 7) is 57.6. The molecule has 0 saturated heterocycles. The van der Waals surface area contributed by atoms with Gasteiger partial charge in [-0.2, -0.15) is 14.4 Å². The number of H-pyrrole nitrogens is 1. The Labute approximate surface area is 653 Å². The second kappa shape index (κ2) is 31.7. The number of nitrogens with two attached hydrogens (primary N) is 2. The summed E-state index contributed by atoms with van der Waals surface area (Å²) in [5.41, 5.74) is 24.8. The van der Waals surface area contributed by atoms with Gasteiger partial charge in [-0.15, -0.1) is 0 Å². The van der Waals surface area contributed by atoms with Crippen LogP contribution >= 0.6 is 11.6 Å². The van der Waals surface area contributed by atoms with Crippen molar-refractivity contribution < 1.29 is 4.39 Å². The lowest BCUT2D eigenvalue weighted by Crippen LogP contribution is -2.35. The number of aromatic nitrogens is 20. The van der Waals surface area contributed by atoms with Gasteiger partial charge in [-0.1, -0.05) is 215 Å². The van der Waals surface area contributed by atoms with E-state index in [1.165, 1.54) is 41.8 Å². The van der Waals surface area contributed by atoms with Crippen molar-refractivity contribution >= 4 is 108 Å². The van der Waals surface area contributed by atoms with E-state index in [1.54, 1.807) is 25.2 Å². The molecule has 25 heteroatoms. The van der Waals surface area contributed by atoms with Crippen LogP contribution in [0.25, 0.3) is 84.3 Å². The third-order valence-electron chi connectivity index (χ3n) is 27.4. The fourth-order valence-electron chi connectivity index (χ4n) is 19.7. The van der Waals surface area contributed by atoms with Crippen molar-refractivity contribution in [3.8, 4) is 0 Å². The molecule has 5 aliphatic carbocycles. The first-order valence-corrected chi connectivity index (χ1v) is 40.2. The minimum atomic E-state index is -0.818. The summed E-state index contributed by atoms with van der Waals surface area (Å²) >= 11 is 6.14. The molecule has 0 radical (unpaired) electrons. The maximum absolute atomic E-state index is 13.6. The highest BCUT2D eigenvalue weighted by atomic mass is 35.5. The van der Waals surface area contributed by atoms with Gasteiger partial charge < -0.3 is 16.5 Å². The van der Waals surface area contributed by atoms with Gasteiger partial charge in [-0.25, -0.2) is 59.8 Å². The zero-order chi connectivity index (χ0) is 80.3. The van der Waals surface area contributed by atoms with Crippen molar-refractivity contribution in [2.45, 2.75) is 205 Å². The molecule has 110 heavy (non-hydrogen) atoms. The maximum atomic E-state index is 13.6. The topological polar surface area (TPSA) is 290 Å². The van der Waals surface area contributed by atoms with Gasteiger partial charge in [0.05, 0.1) is 12.5 Å². The van der Waals surface area contributed by atoms with Gasteiger partial charge in [0.25, 0.3) is 5.56 Å². The summed E-state index contributed by atoms with van der Waals surface area (Å²) in [5, 5.41) is 0.411. The molecule has 10 aromatic heterocycles. The van der Waals surface area contributed by atoms with Gasteiger partial charge in [0.1, 0.15) is 61.7 Å². The molecule has 0 fully saturated rings. The van der Waals surface area contributed by atoms with E-state index < -0.39 is 6.08 Å². The van der Waals surface area contributed by atoms with Gasteiger partial charge in [0.2, 0.25) is 0 Å². The van der Waals surface area contributed by atoms with E-state index in [0.29, 0.717) is 133 Å². The van der Waals surface area contributed by atoms with E-state index in [4.69, 9.17) is 23.1 Å². The fourth-order valence-corrected chi connectivity index (χ4v) is 19.9. The fraction of sp³-hybridized carbons (Fsp3) is 0.588. The molecule has 10 aromatic rings. The highest BCUT2D eigenvalue weighted by Gasteiger charge is 2.51. The highest BCUT2D eigenvalue weighted by Crippen LogP contribution is 2.59. The van der Waals surface area contributed by atoms with Crippen LogP contribution in [0.2, 0.25) is 5.15 Å². The molecule has 10 atom stereocenters. The summed E-state index contributed by atoms with van der Waals surface area (Å²) in [7, 11) is 0. The third kappa shape index (κ3) is 14.1. The Morgan fingerprint density at radius 2 is 0.709 bits per heavy atom. The number of anilines is 2. The lowest BCUT2D eigenvalue weighted by Gasteiger charge is -2.41. The Morgan fingerprint density at radius 3 is 1.10 bits per heavy atom. The molecule has 0 amide bonds. The number of imidazole rings is 5. The molecule has 0 aliphatic heterocycles. The van der Waals surface area contributed by atoms with Crippen LogP contribution in [0.5, 0.6) is 0 Å². The molecule has 15 rings (SSSR count). The number of nitrogens with zero attached hydrogens (tertiary/aromatic N) is 19. The number of nitrogen functional groups attached to an aromatic ring is 2. The number of hydrogen-bond acceptors (Lipinski definition) is 17. The number of nitrogens with one attached hydrogen (secondary N) is 1. The molecule has 0 saturated carbocycles. The van der Waals surface area contributed by atoms with Crippen LogP contribution in [0.1, 0.15) is 205 Å². The van der Waals surface area contributed by atoms with Crippen molar-refractivity contribution in [3.05, 3.63) is 115 Å². The molecule has 5 N–H and O–H groups in total. The summed E-state index contributed by atoms with van der Waals surface area (Å²) in [4.78, 5) is 73.6. The molecular weight excluding hydrogens is 1400 g/mol. The van der Waals surface area contributed by atoms with E-state index in [1.807, 2.05) is 28.1 Å². The van der Waals surface area contributed by atoms with Crippen LogP contribution in [-0.2, 0) is 0 Å².